The van der Waals surface area contributed by atoms with Crippen molar-refractivity contribution in [2.75, 3.05) is 13.2 Å². The maximum Gasteiger partial charge on any atom is 0.416 e. The molecule has 0 saturated carbocycles. The molecule has 3 rings (SSSR count). The summed E-state index contributed by atoms with van der Waals surface area (Å²) in [6.45, 7) is 1.05. The lowest BCUT2D eigenvalue weighted by Crippen LogP contribution is -2.31. The summed E-state index contributed by atoms with van der Waals surface area (Å²) >= 11 is 0. The molecule has 0 spiro atoms. The highest BCUT2D eigenvalue weighted by Crippen LogP contribution is 2.30. The van der Waals surface area contributed by atoms with E-state index in [1.165, 1.54) is 24.4 Å². The first-order valence-electron chi connectivity index (χ1n) is 8.15. The number of hydrogen-bond donors (Lipinski definition) is 2. The number of ether oxygens (including phenoxy) is 1. The van der Waals surface area contributed by atoms with Gasteiger partial charge in [0.15, 0.2) is 5.78 Å². The lowest BCUT2D eigenvalue weighted by atomic mass is 10.0. The number of ketones is 1. The second-order valence-corrected chi connectivity index (χ2v) is 6.05. The van der Waals surface area contributed by atoms with Gasteiger partial charge < -0.3 is 15.0 Å². The number of alkyl halides is 3. The van der Waals surface area contributed by atoms with Crippen molar-refractivity contribution in [1.82, 2.24) is 10.3 Å². The van der Waals surface area contributed by atoms with Gasteiger partial charge in [-0.1, -0.05) is 12.1 Å². The van der Waals surface area contributed by atoms with Crippen LogP contribution in [-0.4, -0.2) is 35.9 Å². The minimum absolute atomic E-state index is 0.0138. The van der Waals surface area contributed by atoms with E-state index >= 15 is 0 Å². The van der Waals surface area contributed by atoms with Gasteiger partial charge in [0.25, 0.3) is 5.91 Å². The van der Waals surface area contributed by atoms with Crippen molar-refractivity contribution >= 4 is 11.7 Å². The zero-order chi connectivity index (χ0) is 18.7. The molecular formula is C18H17F3N2O3. The first-order valence-corrected chi connectivity index (χ1v) is 8.15. The monoisotopic (exact) mass is 366 g/mol. The van der Waals surface area contributed by atoms with E-state index in [4.69, 9.17) is 4.74 Å². The number of nitrogens with one attached hydrogen (secondary N) is 2. The van der Waals surface area contributed by atoms with Crippen LogP contribution < -0.4 is 5.32 Å². The number of hydrogen-bond acceptors (Lipinski definition) is 3. The highest BCUT2D eigenvalue weighted by atomic mass is 19.4. The number of halogens is 3. The number of carbonyl (C=O) groups excluding carboxylic acids is 2. The zero-order valence-corrected chi connectivity index (χ0v) is 13.7. The summed E-state index contributed by atoms with van der Waals surface area (Å²) < 4.78 is 43.7. The SMILES string of the molecule is O=C(c1cccc(C(F)(F)F)c1)c1c[nH]c(C(=O)NC[C@@H]2CCCO2)c1. The van der Waals surface area contributed by atoms with Crippen LogP contribution >= 0.6 is 0 Å². The molecule has 2 aromatic rings. The topological polar surface area (TPSA) is 71.2 Å². The van der Waals surface area contributed by atoms with E-state index in [9.17, 15) is 22.8 Å². The molecule has 1 saturated heterocycles. The van der Waals surface area contributed by atoms with Crippen molar-refractivity contribution in [3.8, 4) is 0 Å². The van der Waals surface area contributed by atoms with Gasteiger partial charge in [-0.05, 0) is 31.0 Å². The minimum atomic E-state index is -4.53. The Morgan fingerprint density at radius 3 is 2.73 bits per heavy atom. The van der Waals surface area contributed by atoms with Crippen LogP contribution in [0.25, 0.3) is 0 Å². The third-order valence-corrected chi connectivity index (χ3v) is 4.16. The van der Waals surface area contributed by atoms with Gasteiger partial charge in [-0.25, -0.2) is 0 Å². The van der Waals surface area contributed by atoms with Crippen molar-refractivity contribution in [2.45, 2.75) is 25.1 Å². The highest BCUT2D eigenvalue weighted by Gasteiger charge is 2.31. The fraction of sp³-hybridized carbons (Fsp3) is 0.333. The van der Waals surface area contributed by atoms with E-state index in [0.29, 0.717) is 13.2 Å². The van der Waals surface area contributed by atoms with Gasteiger partial charge in [0.05, 0.1) is 11.7 Å². The molecule has 1 aliphatic rings. The van der Waals surface area contributed by atoms with Crippen molar-refractivity contribution in [1.29, 1.82) is 0 Å². The quantitative estimate of drug-likeness (QED) is 0.799. The van der Waals surface area contributed by atoms with Crippen LogP contribution in [0.5, 0.6) is 0 Å². The van der Waals surface area contributed by atoms with Crippen LogP contribution in [-0.2, 0) is 10.9 Å². The molecule has 8 heteroatoms. The Bertz CT molecular complexity index is 808. The molecule has 0 aliphatic carbocycles. The van der Waals surface area contributed by atoms with E-state index in [0.717, 1.165) is 25.0 Å². The Morgan fingerprint density at radius 1 is 1.23 bits per heavy atom. The Morgan fingerprint density at radius 2 is 2.04 bits per heavy atom. The van der Waals surface area contributed by atoms with E-state index in [-0.39, 0.29) is 22.9 Å². The van der Waals surface area contributed by atoms with Crippen molar-refractivity contribution in [2.24, 2.45) is 0 Å². The van der Waals surface area contributed by atoms with E-state index in [1.54, 1.807) is 0 Å². The molecule has 1 fully saturated rings. The standard InChI is InChI=1S/C18H17F3N2O3/c19-18(20,21)13-4-1-3-11(7-13)16(24)12-8-15(22-9-12)17(25)23-10-14-5-2-6-26-14/h1,3-4,7-9,14,22H,2,5-6,10H2,(H,23,25)/t14-/m0/s1. The summed E-state index contributed by atoms with van der Waals surface area (Å²) in [5.41, 5.74) is -0.705. The van der Waals surface area contributed by atoms with Crippen molar-refractivity contribution in [3.63, 3.8) is 0 Å². The molecular weight excluding hydrogens is 349 g/mol. The number of amides is 1. The molecule has 1 amide bonds. The number of benzene rings is 1. The Kier molecular flexibility index (Phi) is 5.13. The van der Waals surface area contributed by atoms with Gasteiger partial charge in [0, 0.05) is 30.5 Å². The lowest BCUT2D eigenvalue weighted by molar-refractivity contribution is -0.137. The second-order valence-electron chi connectivity index (χ2n) is 6.05. The Balaban J connectivity index is 1.68. The number of rotatable bonds is 5. The van der Waals surface area contributed by atoms with Gasteiger partial charge in [-0.3, -0.25) is 9.59 Å². The van der Waals surface area contributed by atoms with Crippen LogP contribution in [0.4, 0.5) is 13.2 Å². The van der Waals surface area contributed by atoms with Crippen molar-refractivity contribution in [3.05, 3.63) is 58.9 Å². The van der Waals surface area contributed by atoms with Crippen LogP contribution in [0, 0.1) is 0 Å². The molecule has 5 nitrogen and oxygen atoms in total. The fourth-order valence-electron chi connectivity index (χ4n) is 2.77. The Labute approximate surface area is 147 Å². The normalized spacial score (nSPS) is 17.3. The van der Waals surface area contributed by atoms with Gasteiger partial charge in [0.2, 0.25) is 0 Å². The molecule has 26 heavy (non-hydrogen) atoms. The summed E-state index contributed by atoms with van der Waals surface area (Å²) in [7, 11) is 0. The zero-order valence-electron chi connectivity index (χ0n) is 13.7. The summed E-state index contributed by atoms with van der Waals surface area (Å²) in [5, 5.41) is 2.71. The average Bonchev–Trinajstić information content (AvgIpc) is 3.30. The van der Waals surface area contributed by atoms with Crippen LogP contribution in [0.2, 0.25) is 0 Å². The molecule has 0 unspecified atom stereocenters. The molecule has 138 valence electrons. The second kappa shape index (κ2) is 7.33. The maximum atomic E-state index is 12.8. The number of aromatic amines is 1. The summed E-state index contributed by atoms with van der Waals surface area (Å²) in [5.74, 6) is -0.992. The smallest absolute Gasteiger partial charge is 0.376 e. The van der Waals surface area contributed by atoms with Crippen molar-refractivity contribution < 1.29 is 27.5 Å². The highest BCUT2D eigenvalue weighted by molar-refractivity contribution is 6.10. The average molecular weight is 366 g/mol. The number of H-pyrrole nitrogens is 1. The van der Waals surface area contributed by atoms with Crippen LogP contribution in [0.3, 0.4) is 0 Å². The molecule has 1 aromatic carbocycles. The largest absolute Gasteiger partial charge is 0.416 e. The molecule has 1 atom stereocenters. The maximum absolute atomic E-state index is 12.8. The molecule has 0 bridgehead atoms. The fourth-order valence-corrected chi connectivity index (χ4v) is 2.77. The minimum Gasteiger partial charge on any atom is -0.376 e. The lowest BCUT2D eigenvalue weighted by Gasteiger charge is -2.09. The first-order chi connectivity index (χ1) is 12.3. The van der Waals surface area contributed by atoms with Crippen LogP contribution in [0.15, 0.2) is 36.5 Å². The van der Waals surface area contributed by atoms with Crippen LogP contribution in [0.1, 0.15) is 44.8 Å². The molecule has 1 aliphatic heterocycles. The Hall–Kier alpha value is -2.61. The van der Waals surface area contributed by atoms with Gasteiger partial charge in [-0.15, -0.1) is 0 Å². The summed E-state index contributed by atoms with van der Waals surface area (Å²) in [6.07, 6.45) is -1.39. The predicted molar refractivity (Wildman–Crippen MR) is 87.0 cm³/mol. The summed E-state index contributed by atoms with van der Waals surface area (Å²) in [4.78, 5) is 27.2. The van der Waals surface area contributed by atoms with Gasteiger partial charge in [0.1, 0.15) is 5.69 Å². The molecule has 2 N–H and O–H groups in total. The molecule has 2 heterocycles. The first kappa shape index (κ1) is 18.2. The van der Waals surface area contributed by atoms with Gasteiger partial charge in [-0.2, -0.15) is 13.2 Å². The molecule has 0 radical (unpaired) electrons. The number of aromatic nitrogens is 1. The number of carbonyl (C=O) groups is 2. The third-order valence-electron chi connectivity index (χ3n) is 4.16. The van der Waals surface area contributed by atoms with Gasteiger partial charge >= 0.3 is 6.18 Å². The summed E-state index contributed by atoms with van der Waals surface area (Å²) in [6, 6.07) is 5.51. The third kappa shape index (κ3) is 4.13. The van der Waals surface area contributed by atoms with E-state index in [2.05, 4.69) is 10.3 Å². The predicted octanol–water partition coefficient (Wildman–Crippen LogP) is 3.17. The van der Waals surface area contributed by atoms with E-state index < -0.39 is 23.4 Å². The molecule has 1 aromatic heterocycles. The van der Waals surface area contributed by atoms with E-state index in [1.807, 2.05) is 0 Å².